The average Bonchev–Trinajstić information content (AvgIpc) is 2.91. The van der Waals surface area contributed by atoms with Gasteiger partial charge in [0.1, 0.15) is 11.2 Å². The molecule has 0 aliphatic carbocycles. The smallest absolute Gasteiger partial charge is 0.222 e. The van der Waals surface area contributed by atoms with Gasteiger partial charge in [0.2, 0.25) is 5.95 Å². The van der Waals surface area contributed by atoms with Crippen LogP contribution in [0.3, 0.4) is 0 Å². The van der Waals surface area contributed by atoms with Crippen LogP contribution in [0.15, 0.2) is 6.33 Å². The molecule has 2 heterocycles. The zero-order valence-corrected chi connectivity index (χ0v) is 13.0. The Kier molecular flexibility index (Phi) is 2.93. The van der Waals surface area contributed by atoms with Crippen LogP contribution in [0.5, 0.6) is 0 Å². The maximum absolute atomic E-state index is 5.85. The van der Waals surface area contributed by atoms with E-state index in [1.165, 1.54) is 27.8 Å². The molecule has 3 rings (SSSR count). The molecule has 0 amide bonds. The molecular formula is C16H19N5. The van der Waals surface area contributed by atoms with Crippen LogP contribution in [0.4, 0.5) is 5.95 Å². The Labute approximate surface area is 123 Å². The summed E-state index contributed by atoms with van der Waals surface area (Å²) < 4.78 is 0. The Morgan fingerprint density at radius 1 is 0.857 bits per heavy atom. The lowest BCUT2D eigenvalue weighted by molar-refractivity contribution is 1.15. The van der Waals surface area contributed by atoms with E-state index in [4.69, 9.17) is 5.73 Å². The van der Waals surface area contributed by atoms with Gasteiger partial charge in [-0.2, -0.15) is 4.98 Å². The summed E-state index contributed by atoms with van der Waals surface area (Å²) in [5.41, 5.74) is 15.6. The van der Waals surface area contributed by atoms with E-state index in [0.717, 1.165) is 16.8 Å². The number of nitrogens with one attached hydrogen (secondary N) is 1. The van der Waals surface area contributed by atoms with Crippen molar-refractivity contribution < 1.29 is 0 Å². The van der Waals surface area contributed by atoms with Crippen LogP contribution >= 0.6 is 0 Å². The van der Waals surface area contributed by atoms with E-state index in [9.17, 15) is 0 Å². The summed E-state index contributed by atoms with van der Waals surface area (Å²) in [4.78, 5) is 16.0. The third kappa shape index (κ3) is 1.88. The SMILES string of the molecule is Cc1c(C)c(C)c(-c2nc(N)nc3nc[nH]c23)c(C)c1C. The number of rotatable bonds is 1. The van der Waals surface area contributed by atoms with Gasteiger partial charge in [-0.25, -0.2) is 9.97 Å². The van der Waals surface area contributed by atoms with E-state index in [-0.39, 0.29) is 5.95 Å². The minimum Gasteiger partial charge on any atom is -0.368 e. The van der Waals surface area contributed by atoms with Gasteiger partial charge in [0.05, 0.1) is 6.33 Å². The van der Waals surface area contributed by atoms with Gasteiger partial charge in [-0.05, 0) is 62.4 Å². The van der Waals surface area contributed by atoms with Gasteiger partial charge in [0, 0.05) is 5.56 Å². The van der Waals surface area contributed by atoms with Crippen LogP contribution in [-0.4, -0.2) is 19.9 Å². The van der Waals surface area contributed by atoms with Gasteiger partial charge in [-0.3, -0.25) is 0 Å². The van der Waals surface area contributed by atoms with Gasteiger partial charge < -0.3 is 10.7 Å². The number of aromatic amines is 1. The molecule has 0 radical (unpaired) electrons. The molecule has 0 spiro atoms. The summed E-state index contributed by atoms with van der Waals surface area (Å²) >= 11 is 0. The summed E-state index contributed by atoms with van der Waals surface area (Å²) in [6, 6.07) is 0. The monoisotopic (exact) mass is 281 g/mol. The largest absolute Gasteiger partial charge is 0.368 e. The Balaban J connectivity index is 2.46. The van der Waals surface area contributed by atoms with Crippen LogP contribution < -0.4 is 5.73 Å². The van der Waals surface area contributed by atoms with Gasteiger partial charge in [0.15, 0.2) is 5.65 Å². The lowest BCUT2D eigenvalue weighted by Crippen LogP contribution is -2.04. The summed E-state index contributed by atoms with van der Waals surface area (Å²) in [7, 11) is 0. The van der Waals surface area contributed by atoms with Crippen molar-refractivity contribution in [3.8, 4) is 11.3 Å². The van der Waals surface area contributed by atoms with Crippen molar-refractivity contribution in [2.24, 2.45) is 0 Å². The summed E-state index contributed by atoms with van der Waals surface area (Å²) in [6.45, 7) is 10.7. The molecule has 2 aromatic heterocycles. The number of imidazole rings is 1. The summed E-state index contributed by atoms with van der Waals surface area (Å²) in [6.07, 6.45) is 1.63. The number of fused-ring (bicyclic) bond motifs is 1. The third-order valence-corrected chi connectivity index (χ3v) is 4.54. The molecule has 0 saturated heterocycles. The number of H-pyrrole nitrogens is 1. The number of benzene rings is 1. The molecule has 3 aromatic rings. The number of aromatic nitrogens is 4. The zero-order valence-electron chi connectivity index (χ0n) is 13.0. The maximum Gasteiger partial charge on any atom is 0.222 e. The standard InChI is InChI=1S/C16H19N5/c1-7-8(2)10(4)12(11(5)9(7)3)13-14-15(19-6-18-14)21-16(17)20-13/h6H,1-5H3,(H3,17,18,19,20,21). The predicted molar refractivity (Wildman–Crippen MR) is 85.2 cm³/mol. The summed E-state index contributed by atoms with van der Waals surface area (Å²) in [5, 5.41) is 0. The van der Waals surface area contributed by atoms with Crippen molar-refractivity contribution in [3.05, 3.63) is 34.1 Å². The van der Waals surface area contributed by atoms with Crippen molar-refractivity contribution in [1.29, 1.82) is 0 Å². The topological polar surface area (TPSA) is 80.5 Å². The Bertz CT molecular complexity index is 832. The van der Waals surface area contributed by atoms with Crippen LogP contribution in [0.1, 0.15) is 27.8 Å². The number of hydrogen-bond acceptors (Lipinski definition) is 4. The molecule has 3 N–H and O–H groups in total. The fourth-order valence-corrected chi connectivity index (χ4v) is 2.89. The molecule has 5 heteroatoms. The maximum atomic E-state index is 5.85. The van der Waals surface area contributed by atoms with Crippen LogP contribution in [-0.2, 0) is 0 Å². The molecule has 0 saturated carbocycles. The second kappa shape index (κ2) is 4.55. The van der Waals surface area contributed by atoms with E-state index in [0.29, 0.717) is 5.65 Å². The average molecular weight is 281 g/mol. The molecule has 21 heavy (non-hydrogen) atoms. The minimum absolute atomic E-state index is 0.249. The Hall–Kier alpha value is -2.43. The normalized spacial score (nSPS) is 11.3. The molecule has 0 aliphatic heterocycles. The second-order valence-electron chi connectivity index (χ2n) is 5.53. The van der Waals surface area contributed by atoms with Crippen molar-refractivity contribution in [2.45, 2.75) is 34.6 Å². The van der Waals surface area contributed by atoms with E-state index < -0.39 is 0 Å². The van der Waals surface area contributed by atoms with E-state index >= 15 is 0 Å². The molecule has 0 bridgehead atoms. The van der Waals surface area contributed by atoms with E-state index in [1.54, 1.807) is 6.33 Å². The van der Waals surface area contributed by atoms with Crippen LogP contribution in [0, 0.1) is 34.6 Å². The highest BCUT2D eigenvalue weighted by Gasteiger charge is 2.18. The minimum atomic E-state index is 0.249. The van der Waals surface area contributed by atoms with Gasteiger partial charge >= 0.3 is 0 Å². The molecule has 1 aromatic carbocycles. The van der Waals surface area contributed by atoms with E-state index in [2.05, 4.69) is 54.6 Å². The van der Waals surface area contributed by atoms with Gasteiger partial charge in [-0.1, -0.05) is 0 Å². The Morgan fingerprint density at radius 2 is 1.43 bits per heavy atom. The highest BCUT2D eigenvalue weighted by atomic mass is 15.1. The first-order chi connectivity index (χ1) is 9.91. The fraction of sp³-hybridized carbons (Fsp3) is 0.312. The number of hydrogen-bond donors (Lipinski definition) is 2. The highest BCUT2D eigenvalue weighted by Crippen LogP contribution is 2.35. The highest BCUT2D eigenvalue weighted by molar-refractivity contribution is 5.90. The van der Waals surface area contributed by atoms with Gasteiger partial charge in [-0.15, -0.1) is 0 Å². The fourth-order valence-electron chi connectivity index (χ4n) is 2.89. The van der Waals surface area contributed by atoms with Crippen molar-refractivity contribution >= 4 is 17.1 Å². The first-order valence-corrected chi connectivity index (χ1v) is 6.95. The van der Waals surface area contributed by atoms with Crippen LogP contribution in [0.2, 0.25) is 0 Å². The molecule has 0 unspecified atom stereocenters. The molecule has 108 valence electrons. The number of nitrogens with two attached hydrogens (primary N) is 1. The third-order valence-electron chi connectivity index (χ3n) is 4.54. The Morgan fingerprint density at radius 3 is 2.05 bits per heavy atom. The lowest BCUT2D eigenvalue weighted by Gasteiger charge is -2.18. The quantitative estimate of drug-likeness (QED) is 0.718. The number of nitrogens with zero attached hydrogens (tertiary/aromatic N) is 3. The molecule has 0 aliphatic rings. The molecule has 0 fully saturated rings. The summed E-state index contributed by atoms with van der Waals surface area (Å²) in [5.74, 6) is 0.249. The van der Waals surface area contributed by atoms with Gasteiger partial charge in [0.25, 0.3) is 0 Å². The van der Waals surface area contributed by atoms with Crippen molar-refractivity contribution in [2.75, 3.05) is 5.73 Å². The lowest BCUT2D eigenvalue weighted by atomic mass is 9.88. The molecule has 0 atom stereocenters. The first kappa shape index (κ1) is 13.5. The first-order valence-electron chi connectivity index (χ1n) is 6.95. The second-order valence-corrected chi connectivity index (χ2v) is 5.53. The molecular weight excluding hydrogens is 262 g/mol. The van der Waals surface area contributed by atoms with Crippen molar-refractivity contribution in [1.82, 2.24) is 19.9 Å². The zero-order chi connectivity index (χ0) is 15.3. The predicted octanol–water partition coefficient (Wildman–Crippen LogP) is 3.14. The van der Waals surface area contributed by atoms with Crippen molar-refractivity contribution in [3.63, 3.8) is 0 Å². The number of nitrogen functional groups attached to an aromatic ring is 1. The number of anilines is 1. The molecule has 5 nitrogen and oxygen atoms in total. The van der Waals surface area contributed by atoms with E-state index in [1.807, 2.05) is 0 Å². The van der Waals surface area contributed by atoms with Crippen LogP contribution in [0.25, 0.3) is 22.4 Å².